The maximum Gasteiger partial charge on any atom is 0.161 e. The fraction of sp³-hybridized carbons (Fsp3) is 0.632. The average molecular weight is 354 g/mol. The van der Waals surface area contributed by atoms with Gasteiger partial charge in [-0.05, 0) is 39.0 Å². The molecule has 25 heavy (non-hydrogen) atoms. The van der Waals surface area contributed by atoms with Crippen molar-refractivity contribution in [2.45, 2.75) is 33.3 Å². The maximum atomic E-state index is 11.4. The molecule has 0 unspecified atom stereocenters. The molecule has 0 aliphatic rings. The van der Waals surface area contributed by atoms with Gasteiger partial charge in [-0.25, -0.2) is 0 Å². The summed E-state index contributed by atoms with van der Waals surface area (Å²) in [6, 6.07) is 5.07. The normalized spacial score (nSPS) is 12.2. The monoisotopic (exact) mass is 354 g/mol. The predicted molar refractivity (Wildman–Crippen MR) is 97.7 cm³/mol. The van der Waals surface area contributed by atoms with Gasteiger partial charge in [0.1, 0.15) is 19.3 Å². The molecule has 6 nitrogen and oxygen atoms in total. The summed E-state index contributed by atoms with van der Waals surface area (Å²) in [5, 5.41) is 12.2. The summed E-state index contributed by atoms with van der Waals surface area (Å²) >= 11 is 0. The Kier molecular flexibility index (Phi) is 10.1. The largest absolute Gasteiger partial charge is 0.493 e. The molecule has 0 aliphatic heterocycles. The molecule has 1 atom stereocenters. The lowest BCUT2D eigenvalue weighted by atomic mass is 10.1. The summed E-state index contributed by atoms with van der Waals surface area (Å²) < 4.78 is 10.9. The van der Waals surface area contributed by atoms with Crippen molar-refractivity contribution >= 4 is 5.78 Å². The van der Waals surface area contributed by atoms with Crippen LogP contribution in [0.4, 0.5) is 0 Å². The van der Waals surface area contributed by atoms with Gasteiger partial charge in [-0.2, -0.15) is 0 Å². The van der Waals surface area contributed by atoms with Crippen molar-refractivity contribution in [1.82, 2.24) is 0 Å². The van der Waals surface area contributed by atoms with Crippen LogP contribution in [0.3, 0.4) is 0 Å². The van der Waals surface area contributed by atoms with Crippen LogP contribution in [0, 0.1) is 0 Å². The number of hydrogen-bond donors (Lipinski definition) is 3. The van der Waals surface area contributed by atoms with E-state index in [4.69, 9.17) is 9.47 Å². The quantitative estimate of drug-likeness (QED) is 0.330. The molecule has 142 valence electrons. The van der Waals surface area contributed by atoms with Crippen LogP contribution in [0.1, 0.15) is 37.6 Å². The van der Waals surface area contributed by atoms with E-state index in [0.717, 1.165) is 26.1 Å². The summed E-state index contributed by atoms with van der Waals surface area (Å²) in [5.41, 5.74) is 0.577. The third kappa shape index (κ3) is 7.86. The van der Waals surface area contributed by atoms with Gasteiger partial charge in [0.2, 0.25) is 0 Å². The van der Waals surface area contributed by atoms with E-state index >= 15 is 0 Å². The first-order chi connectivity index (χ1) is 12.0. The zero-order valence-electron chi connectivity index (χ0n) is 16.0. The van der Waals surface area contributed by atoms with Crippen LogP contribution >= 0.6 is 0 Å². The summed E-state index contributed by atoms with van der Waals surface area (Å²) in [5.74, 6) is 1.02. The van der Waals surface area contributed by atoms with Crippen molar-refractivity contribution in [3.8, 4) is 11.5 Å². The number of ether oxygens (including phenoxy) is 2. The minimum Gasteiger partial charge on any atom is -0.493 e. The topological polar surface area (TPSA) is 76.8 Å². The fourth-order valence-corrected chi connectivity index (χ4v) is 2.67. The molecule has 0 fully saturated rings. The number of nitrogens with one attached hydrogen (secondary N) is 1. The highest BCUT2D eigenvalue weighted by Gasteiger charge is 2.12. The Morgan fingerprint density at radius 2 is 2.00 bits per heavy atom. The van der Waals surface area contributed by atoms with E-state index in [0.29, 0.717) is 23.6 Å². The van der Waals surface area contributed by atoms with Crippen molar-refractivity contribution in [3.05, 3.63) is 23.8 Å². The van der Waals surface area contributed by atoms with E-state index in [-0.39, 0.29) is 12.4 Å². The second kappa shape index (κ2) is 11.8. The molecule has 4 N–H and O–H groups in total. The van der Waals surface area contributed by atoms with Crippen molar-refractivity contribution in [2.24, 2.45) is 0 Å². The Morgan fingerprint density at radius 1 is 1.28 bits per heavy atom. The number of quaternary nitrogens is 2. The third-order valence-electron chi connectivity index (χ3n) is 4.38. The highest BCUT2D eigenvalue weighted by Crippen LogP contribution is 2.28. The number of ketones is 1. The SMILES string of the molecule is CC[NH+](CC)CCC[NH2+]C[C@H](O)COc1ccc(C(C)=O)cc1OC. The summed E-state index contributed by atoms with van der Waals surface area (Å²) in [7, 11) is 1.54. The van der Waals surface area contributed by atoms with E-state index < -0.39 is 6.10 Å². The molecule has 6 heteroatoms. The van der Waals surface area contributed by atoms with Gasteiger partial charge in [0.25, 0.3) is 0 Å². The molecule has 0 spiro atoms. The molecule has 0 saturated carbocycles. The summed E-state index contributed by atoms with van der Waals surface area (Å²) in [6.45, 7) is 11.3. The van der Waals surface area contributed by atoms with E-state index in [1.165, 1.54) is 20.6 Å². The molecule has 0 saturated heterocycles. The molecule has 0 amide bonds. The first-order valence-electron chi connectivity index (χ1n) is 9.16. The van der Waals surface area contributed by atoms with Crippen LogP contribution in [-0.4, -0.2) is 63.4 Å². The number of benzene rings is 1. The van der Waals surface area contributed by atoms with Crippen molar-refractivity contribution < 1.29 is 29.6 Å². The smallest absolute Gasteiger partial charge is 0.161 e. The first-order valence-corrected chi connectivity index (χ1v) is 9.16. The Hall–Kier alpha value is -1.63. The molecule has 1 rings (SSSR count). The van der Waals surface area contributed by atoms with Crippen LogP contribution in [0.25, 0.3) is 0 Å². The number of Topliss-reactive ketones (excluding diaryl/α,β-unsaturated/α-hetero) is 1. The molecule has 1 aromatic carbocycles. The number of carbonyl (C=O) groups excluding carboxylic acids is 1. The summed E-state index contributed by atoms with van der Waals surface area (Å²) in [6.07, 6.45) is 0.600. The van der Waals surface area contributed by atoms with Gasteiger partial charge in [0, 0.05) is 12.0 Å². The Labute approximate surface area is 151 Å². The number of aliphatic hydroxyl groups excluding tert-OH is 1. The van der Waals surface area contributed by atoms with E-state index in [1.807, 2.05) is 0 Å². The van der Waals surface area contributed by atoms with Crippen molar-refractivity contribution in [2.75, 3.05) is 46.4 Å². The molecular weight excluding hydrogens is 320 g/mol. The Bertz CT molecular complexity index is 518. The lowest BCUT2D eigenvalue weighted by molar-refractivity contribution is -0.898. The van der Waals surface area contributed by atoms with Crippen LogP contribution in [0.5, 0.6) is 11.5 Å². The fourth-order valence-electron chi connectivity index (χ4n) is 2.67. The average Bonchev–Trinajstić information content (AvgIpc) is 2.62. The van der Waals surface area contributed by atoms with Crippen LogP contribution < -0.4 is 19.7 Å². The van der Waals surface area contributed by atoms with E-state index in [2.05, 4.69) is 19.2 Å². The van der Waals surface area contributed by atoms with Gasteiger partial charge in [-0.3, -0.25) is 4.79 Å². The van der Waals surface area contributed by atoms with E-state index in [1.54, 1.807) is 23.1 Å². The number of rotatable bonds is 13. The number of hydrogen-bond acceptors (Lipinski definition) is 4. The molecule has 0 bridgehead atoms. The zero-order valence-corrected chi connectivity index (χ0v) is 16.0. The maximum absolute atomic E-state index is 11.4. The predicted octanol–water partition coefficient (Wildman–Crippen LogP) is -0.484. The molecule has 0 radical (unpaired) electrons. The molecule has 0 aliphatic carbocycles. The summed E-state index contributed by atoms with van der Waals surface area (Å²) in [4.78, 5) is 13.0. The molecule has 0 heterocycles. The van der Waals surface area contributed by atoms with Gasteiger partial charge in [0.15, 0.2) is 17.3 Å². The van der Waals surface area contributed by atoms with Gasteiger partial charge in [-0.1, -0.05) is 0 Å². The Balaban J connectivity index is 2.32. The van der Waals surface area contributed by atoms with Crippen molar-refractivity contribution in [1.29, 1.82) is 0 Å². The minimum absolute atomic E-state index is 0.0222. The van der Waals surface area contributed by atoms with Crippen LogP contribution in [0.2, 0.25) is 0 Å². The van der Waals surface area contributed by atoms with Crippen molar-refractivity contribution in [3.63, 3.8) is 0 Å². The Morgan fingerprint density at radius 3 is 2.60 bits per heavy atom. The van der Waals surface area contributed by atoms with Gasteiger partial charge >= 0.3 is 0 Å². The minimum atomic E-state index is -0.544. The third-order valence-corrected chi connectivity index (χ3v) is 4.38. The van der Waals surface area contributed by atoms with Gasteiger partial charge in [0.05, 0.1) is 33.3 Å². The number of carbonyl (C=O) groups is 1. The zero-order chi connectivity index (χ0) is 18.7. The number of methoxy groups -OCH3 is 1. The second-order valence-electron chi connectivity index (χ2n) is 6.26. The van der Waals surface area contributed by atoms with Crippen LogP contribution in [-0.2, 0) is 0 Å². The second-order valence-corrected chi connectivity index (χ2v) is 6.26. The highest BCUT2D eigenvalue weighted by atomic mass is 16.5. The van der Waals surface area contributed by atoms with E-state index in [9.17, 15) is 9.90 Å². The molecular formula is C19H34N2O4+2. The number of nitrogens with two attached hydrogens (primary N) is 1. The standard InChI is InChI=1S/C19H32N2O4/c1-5-21(6-2)11-7-10-20-13-17(23)14-25-18-9-8-16(15(3)22)12-19(18)24-4/h8-9,12,17,20,23H,5-7,10-11,13-14H2,1-4H3/p+2/t17-/m0/s1. The first kappa shape index (κ1) is 21.4. The van der Waals surface area contributed by atoms with Gasteiger partial charge < -0.3 is 24.8 Å². The van der Waals surface area contributed by atoms with Gasteiger partial charge in [-0.15, -0.1) is 0 Å². The highest BCUT2D eigenvalue weighted by molar-refractivity contribution is 5.94. The lowest BCUT2D eigenvalue weighted by Crippen LogP contribution is -3.11. The van der Waals surface area contributed by atoms with Crippen LogP contribution in [0.15, 0.2) is 18.2 Å². The number of aliphatic hydroxyl groups is 1. The molecule has 0 aromatic heterocycles. The lowest BCUT2D eigenvalue weighted by Gasteiger charge is -2.16. The molecule has 1 aromatic rings.